The fraction of sp³-hybridized carbons (Fsp3) is 0.692. The number of likely N-dealkylation sites (tertiary alicyclic amines) is 1. The van der Waals surface area contributed by atoms with E-state index in [1.165, 1.54) is 4.90 Å². The molecule has 2 amide bonds. The van der Waals surface area contributed by atoms with Crippen molar-refractivity contribution in [1.29, 1.82) is 0 Å². The van der Waals surface area contributed by atoms with Crippen LogP contribution < -0.4 is 11.1 Å². The second kappa shape index (κ2) is 8.73. The standard InChI is InChI=1S/C13H21N3O6S/c14-7(3-4-10(17)18)12(20)16-5-1-2-9(16)11(19)15-8(6-23)13(21)22/h7-9,23H,1-6,14H2,(H,15,19)(H,17,18)(H,21,22). The highest BCUT2D eigenvalue weighted by molar-refractivity contribution is 7.80. The number of hydrogen-bond donors (Lipinski definition) is 5. The van der Waals surface area contributed by atoms with Gasteiger partial charge in [0.25, 0.3) is 0 Å². The predicted molar refractivity (Wildman–Crippen MR) is 83.0 cm³/mol. The lowest BCUT2D eigenvalue weighted by Gasteiger charge is -2.27. The van der Waals surface area contributed by atoms with Crippen molar-refractivity contribution in [2.24, 2.45) is 5.73 Å². The second-order valence-electron chi connectivity index (χ2n) is 5.31. The lowest BCUT2D eigenvalue weighted by molar-refractivity contribution is -0.143. The first kappa shape index (κ1) is 19.2. The zero-order valence-corrected chi connectivity index (χ0v) is 13.4. The molecule has 23 heavy (non-hydrogen) atoms. The molecule has 0 bridgehead atoms. The number of nitrogens with two attached hydrogens (primary N) is 1. The number of amides is 2. The molecule has 10 heteroatoms. The summed E-state index contributed by atoms with van der Waals surface area (Å²) in [5, 5.41) is 19.9. The normalized spacial score (nSPS) is 19.9. The van der Waals surface area contributed by atoms with Crippen molar-refractivity contribution >= 4 is 36.4 Å². The summed E-state index contributed by atoms with van der Waals surface area (Å²) in [6.07, 6.45) is 0.738. The Balaban J connectivity index is 2.68. The van der Waals surface area contributed by atoms with Gasteiger partial charge in [-0.2, -0.15) is 12.6 Å². The van der Waals surface area contributed by atoms with Gasteiger partial charge in [0.1, 0.15) is 12.1 Å². The van der Waals surface area contributed by atoms with Crippen LogP contribution in [0.25, 0.3) is 0 Å². The smallest absolute Gasteiger partial charge is 0.327 e. The average molecular weight is 347 g/mol. The van der Waals surface area contributed by atoms with E-state index in [-0.39, 0.29) is 18.6 Å². The minimum atomic E-state index is -1.21. The molecule has 1 rings (SSSR count). The van der Waals surface area contributed by atoms with Crippen LogP contribution in [0.4, 0.5) is 0 Å². The Bertz CT molecular complexity index is 486. The molecule has 1 saturated heterocycles. The van der Waals surface area contributed by atoms with Crippen molar-refractivity contribution in [3.63, 3.8) is 0 Å². The summed E-state index contributed by atoms with van der Waals surface area (Å²) in [5.41, 5.74) is 5.69. The maximum atomic E-state index is 12.3. The summed E-state index contributed by atoms with van der Waals surface area (Å²) in [5.74, 6) is -3.39. The number of nitrogens with zero attached hydrogens (tertiary/aromatic N) is 1. The average Bonchev–Trinajstić information content (AvgIpc) is 2.98. The molecule has 0 radical (unpaired) electrons. The summed E-state index contributed by atoms with van der Waals surface area (Å²) in [7, 11) is 0. The molecule has 3 atom stereocenters. The van der Waals surface area contributed by atoms with Crippen molar-refractivity contribution in [2.45, 2.75) is 43.8 Å². The van der Waals surface area contributed by atoms with Crippen molar-refractivity contribution in [3.05, 3.63) is 0 Å². The van der Waals surface area contributed by atoms with Crippen LogP contribution in [-0.2, 0) is 19.2 Å². The first-order chi connectivity index (χ1) is 10.8. The van der Waals surface area contributed by atoms with E-state index in [2.05, 4.69) is 17.9 Å². The zero-order valence-electron chi connectivity index (χ0n) is 12.5. The van der Waals surface area contributed by atoms with Gasteiger partial charge in [0.2, 0.25) is 11.8 Å². The monoisotopic (exact) mass is 347 g/mol. The number of carboxylic acid groups (broad SMARTS) is 2. The van der Waals surface area contributed by atoms with Gasteiger partial charge in [0, 0.05) is 18.7 Å². The second-order valence-corrected chi connectivity index (χ2v) is 5.68. The fourth-order valence-corrected chi connectivity index (χ4v) is 2.62. The maximum Gasteiger partial charge on any atom is 0.327 e. The summed E-state index contributed by atoms with van der Waals surface area (Å²) >= 11 is 3.86. The van der Waals surface area contributed by atoms with Gasteiger partial charge in [0.05, 0.1) is 6.04 Å². The van der Waals surface area contributed by atoms with Crippen molar-refractivity contribution in [1.82, 2.24) is 10.2 Å². The highest BCUT2D eigenvalue weighted by atomic mass is 32.1. The van der Waals surface area contributed by atoms with Gasteiger partial charge in [0.15, 0.2) is 0 Å². The molecule has 1 fully saturated rings. The molecule has 9 nitrogen and oxygen atoms in total. The molecule has 5 N–H and O–H groups in total. The van der Waals surface area contributed by atoms with Crippen LogP contribution in [0.15, 0.2) is 0 Å². The molecular weight excluding hydrogens is 326 g/mol. The molecule has 130 valence electrons. The molecule has 0 aromatic heterocycles. The first-order valence-electron chi connectivity index (χ1n) is 7.19. The van der Waals surface area contributed by atoms with Crippen molar-refractivity contribution in [2.75, 3.05) is 12.3 Å². The first-order valence-corrected chi connectivity index (χ1v) is 7.83. The summed E-state index contributed by atoms with van der Waals surface area (Å²) in [4.78, 5) is 47.2. The third kappa shape index (κ3) is 5.39. The fourth-order valence-electron chi connectivity index (χ4n) is 2.37. The SMILES string of the molecule is NC(CCC(=O)O)C(=O)N1CCCC1C(=O)NC(CS)C(=O)O. The molecule has 3 unspecified atom stereocenters. The summed E-state index contributed by atoms with van der Waals surface area (Å²) in [6, 6.07) is -2.93. The van der Waals surface area contributed by atoms with Crippen molar-refractivity contribution in [3.8, 4) is 0 Å². The van der Waals surface area contributed by atoms with Crippen LogP contribution in [-0.4, -0.2) is 69.3 Å². The molecule has 1 aliphatic rings. The van der Waals surface area contributed by atoms with Gasteiger partial charge in [-0.3, -0.25) is 14.4 Å². The molecule has 0 spiro atoms. The largest absolute Gasteiger partial charge is 0.481 e. The number of aliphatic carboxylic acids is 2. The zero-order chi connectivity index (χ0) is 17.6. The Hall–Kier alpha value is -1.81. The van der Waals surface area contributed by atoms with Crippen LogP contribution in [0.5, 0.6) is 0 Å². The van der Waals surface area contributed by atoms with E-state index in [1.807, 2.05) is 0 Å². The van der Waals surface area contributed by atoms with E-state index >= 15 is 0 Å². The molecule has 0 aromatic rings. The predicted octanol–water partition coefficient (Wildman–Crippen LogP) is -1.33. The topological polar surface area (TPSA) is 150 Å². The minimum absolute atomic E-state index is 0.0204. The lowest BCUT2D eigenvalue weighted by Crippen LogP contribution is -2.54. The van der Waals surface area contributed by atoms with E-state index < -0.39 is 41.9 Å². The highest BCUT2D eigenvalue weighted by Gasteiger charge is 2.37. The number of thiol groups is 1. The Morgan fingerprint density at radius 3 is 2.48 bits per heavy atom. The number of rotatable bonds is 8. The van der Waals surface area contributed by atoms with E-state index in [1.54, 1.807) is 0 Å². The molecule has 0 saturated carbocycles. The van der Waals surface area contributed by atoms with Crippen LogP contribution in [0.2, 0.25) is 0 Å². The van der Waals surface area contributed by atoms with Crippen LogP contribution in [0.1, 0.15) is 25.7 Å². The van der Waals surface area contributed by atoms with E-state index in [0.717, 1.165) is 0 Å². The molecule has 0 aromatic carbocycles. The Labute approximate surface area is 138 Å². The van der Waals surface area contributed by atoms with Gasteiger partial charge in [-0.1, -0.05) is 0 Å². The van der Waals surface area contributed by atoms with Gasteiger partial charge < -0.3 is 26.2 Å². The third-order valence-corrected chi connectivity index (χ3v) is 3.99. The Morgan fingerprint density at radius 1 is 1.30 bits per heavy atom. The van der Waals surface area contributed by atoms with Gasteiger partial charge >= 0.3 is 11.9 Å². The van der Waals surface area contributed by atoms with E-state index in [9.17, 15) is 19.2 Å². The van der Waals surface area contributed by atoms with Gasteiger partial charge in [-0.05, 0) is 19.3 Å². The number of carboxylic acids is 2. The van der Waals surface area contributed by atoms with Crippen LogP contribution in [0.3, 0.4) is 0 Å². The maximum absolute atomic E-state index is 12.3. The molecular formula is C13H21N3O6S. The summed E-state index contributed by atoms with van der Waals surface area (Å²) in [6.45, 7) is 0.330. The Morgan fingerprint density at radius 2 is 1.96 bits per heavy atom. The van der Waals surface area contributed by atoms with Crippen LogP contribution in [0, 0.1) is 0 Å². The molecule has 1 aliphatic heterocycles. The minimum Gasteiger partial charge on any atom is -0.481 e. The molecule has 1 heterocycles. The highest BCUT2D eigenvalue weighted by Crippen LogP contribution is 2.19. The number of carbonyl (C=O) groups excluding carboxylic acids is 2. The summed E-state index contributed by atoms with van der Waals surface area (Å²) < 4.78 is 0. The van der Waals surface area contributed by atoms with E-state index in [0.29, 0.717) is 19.4 Å². The molecule has 0 aliphatic carbocycles. The lowest BCUT2D eigenvalue weighted by atomic mass is 10.1. The van der Waals surface area contributed by atoms with E-state index in [4.69, 9.17) is 15.9 Å². The Kier molecular flexibility index (Phi) is 7.30. The van der Waals surface area contributed by atoms with Crippen LogP contribution >= 0.6 is 12.6 Å². The third-order valence-electron chi connectivity index (χ3n) is 3.62. The van der Waals surface area contributed by atoms with Gasteiger partial charge in [-0.25, -0.2) is 4.79 Å². The van der Waals surface area contributed by atoms with Gasteiger partial charge in [-0.15, -0.1) is 0 Å². The number of nitrogens with one attached hydrogen (secondary N) is 1. The quantitative estimate of drug-likeness (QED) is 0.341. The van der Waals surface area contributed by atoms with Crippen molar-refractivity contribution < 1.29 is 29.4 Å². The number of hydrogen-bond acceptors (Lipinski definition) is 6. The number of carbonyl (C=O) groups is 4.